The number of hydrogen-bond acceptors (Lipinski definition) is 6. The van der Waals surface area contributed by atoms with Crippen LogP contribution in [0.5, 0.6) is 17.2 Å². The van der Waals surface area contributed by atoms with Gasteiger partial charge in [0.05, 0.1) is 12.1 Å². The van der Waals surface area contributed by atoms with Crippen LogP contribution in [0, 0.1) is 0 Å². The van der Waals surface area contributed by atoms with Crippen molar-refractivity contribution in [2.24, 2.45) is 0 Å². The van der Waals surface area contributed by atoms with Gasteiger partial charge in [-0.15, -0.1) is 0 Å². The van der Waals surface area contributed by atoms with Crippen molar-refractivity contribution in [3.63, 3.8) is 0 Å². The van der Waals surface area contributed by atoms with E-state index in [2.05, 4.69) is 21.9 Å². The molecule has 1 unspecified atom stereocenters. The molecule has 2 bridgehead atoms. The Morgan fingerprint density at radius 1 is 1.11 bits per heavy atom. The van der Waals surface area contributed by atoms with Crippen LogP contribution in [0.15, 0.2) is 36.4 Å². The van der Waals surface area contributed by atoms with Crippen molar-refractivity contribution in [1.29, 1.82) is 0 Å². The molecule has 1 N–H and O–H groups in total. The average Bonchev–Trinajstić information content (AvgIpc) is 2.91. The number of methoxy groups -OCH3 is 1. The van der Waals surface area contributed by atoms with Crippen LogP contribution in [-0.4, -0.2) is 72.8 Å². The van der Waals surface area contributed by atoms with Gasteiger partial charge >= 0.3 is 5.97 Å². The molecule has 1 saturated heterocycles. The summed E-state index contributed by atoms with van der Waals surface area (Å²) in [5.74, 6) is 0.608. The minimum absolute atomic E-state index is 0.210. The molecule has 0 radical (unpaired) electrons. The molecule has 1 atom stereocenters. The van der Waals surface area contributed by atoms with E-state index in [0.717, 1.165) is 56.5 Å². The zero-order chi connectivity index (χ0) is 26.9. The van der Waals surface area contributed by atoms with Gasteiger partial charge in [-0.3, -0.25) is 9.69 Å². The van der Waals surface area contributed by atoms with Gasteiger partial charge in [-0.25, -0.2) is 4.79 Å². The Kier molecular flexibility index (Phi) is 10.1. The van der Waals surface area contributed by atoms with Crippen LogP contribution in [0.2, 0.25) is 5.02 Å². The van der Waals surface area contributed by atoms with E-state index in [4.69, 9.17) is 30.9 Å². The summed E-state index contributed by atoms with van der Waals surface area (Å²) in [4.78, 5) is 28.5. The van der Waals surface area contributed by atoms with Crippen molar-refractivity contribution in [3.05, 3.63) is 52.5 Å². The first-order valence-electron chi connectivity index (χ1n) is 13.4. The third-order valence-electron chi connectivity index (χ3n) is 7.19. The van der Waals surface area contributed by atoms with E-state index in [1.165, 1.54) is 19.1 Å². The quantitative estimate of drug-likeness (QED) is 0.559. The predicted octanol–water partition coefficient (Wildman–Crippen LogP) is 4.80. The Morgan fingerprint density at radius 3 is 2.79 bits per heavy atom. The maximum atomic E-state index is 13.2. The van der Waals surface area contributed by atoms with Gasteiger partial charge in [0.2, 0.25) is 5.91 Å². The number of aryl methyl sites for hydroxylation is 1. The highest BCUT2D eigenvalue weighted by Gasteiger charge is 2.26. The summed E-state index contributed by atoms with van der Waals surface area (Å²) in [5, 5.41) is 9.24. The number of carbonyl (C=O) groups excluding carboxylic acids is 1. The molecule has 38 heavy (non-hydrogen) atoms. The van der Waals surface area contributed by atoms with Gasteiger partial charge in [0.15, 0.2) is 18.1 Å². The number of rotatable bonds is 6. The Morgan fingerprint density at radius 2 is 1.97 bits per heavy atom. The minimum atomic E-state index is -1.09. The third kappa shape index (κ3) is 7.77. The van der Waals surface area contributed by atoms with Gasteiger partial charge in [0.1, 0.15) is 12.4 Å². The third-order valence-corrected chi connectivity index (χ3v) is 7.47. The number of nitrogens with zero attached hydrogens (tertiary/aromatic N) is 2. The van der Waals surface area contributed by atoms with Crippen LogP contribution >= 0.6 is 11.6 Å². The van der Waals surface area contributed by atoms with Crippen LogP contribution in [0.3, 0.4) is 0 Å². The van der Waals surface area contributed by atoms with Crippen LogP contribution in [0.4, 0.5) is 0 Å². The SMILES string of the molecule is COc1cc(CN2CCCC(=O)N3CCCCC3CCc3cccc(c3)OCC2)cc(Cl)c1OCC(=O)O. The predicted molar refractivity (Wildman–Crippen MR) is 145 cm³/mol. The first-order valence-corrected chi connectivity index (χ1v) is 13.8. The normalized spacial score (nSPS) is 19.5. The number of amides is 1. The molecule has 4 rings (SSSR count). The van der Waals surface area contributed by atoms with Crippen molar-refractivity contribution in [2.75, 3.05) is 40.0 Å². The molecule has 0 saturated carbocycles. The van der Waals surface area contributed by atoms with E-state index >= 15 is 0 Å². The summed E-state index contributed by atoms with van der Waals surface area (Å²) in [6, 6.07) is 12.2. The highest BCUT2D eigenvalue weighted by Crippen LogP contribution is 2.37. The Balaban J connectivity index is 1.50. The van der Waals surface area contributed by atoms with E-state index in [0.29, 0.717) is 42.9 Å². The Bertz CT molecular complexity index is 1110. The van der Waals surface area contributed by atoms with E-state index in [1.807, 2.05) is 18.2 Å². The molecule has 0 spiro atoms. The second-order valence-electron chi connectivity index (χ2n) is 9.94. The number of halogens is 1. The molecular weight excluding hydrogens is 508 g/mol. The molecule has 2 aliphatic rings. The lowest BCUT2D eigenvalue weighted by Crippen LogP contribution is -2.44. The van der Waals surface area contributed by atoms with Gasteiger partial charge in [-0.2, -0.15) is 0 Å². The molecular formula is C29H37ClN2O6. The lowest BCUT2D eigenvalue weighted by Gasteiger charge is -2.36. The number of hydrogen-bond donors (Lipinski definition) is 1. The van der Waals surface area contributed by atoms with E-state index in [1.54, 1.807) is 6.07 Å². The Hall–Kier alpha value is -2.97. The number of carboxylic acid groups (broad SMARTS) is 1. The summed E-state index contributed by atoms with van der Waals surface area (Å²) in [7, 11) is 1.49. The summed E-state index contributed by atoms with van der Waals surface area (Å²) in [6.07, 6.45) is 6.52. The van der Waals surface area contributed by atoms with Crippen molar-refractivity contribution in [1.82, 2.24) is 9.80 Å². The molecule has 1 fully saturated rings. The molecule has 0 aliphatic carbocycles. The minimum Gasteiger partial charge on any atom is -0.493 e. The van der Waals surface area contributed by atoms with Crippen LogP contribution in [0.25, 0.3) is 0 Å². The lowest BCUT2D eigenvalue weighted by atomic mass is 9.95. The topological polar surface area (TPSA) is 88.5 Å². The number of carbonyl (C=O) groups is 2. The number of ether oxygens (including phenoxy) is 3. The molecule has 1 amide bonds. The highest BCUT2D eigenvalue weighted by molar-refractivity contribution is 6.32. The van der Waals surface area contributed by atoms with Crippen molar-refractivity contribution in [2.45, 2.75) is 57.5 Å². The fourth-order valence-electron chi connectivity index (χ4n) is 5.31. The largest absolute Gasteiger partial charge is 0.493 e. The summed E-state index contributed by atoms with van der Waals surface area (Å²) < 4.78 is 16.9. The molecule has 2 aromatic rings. The lowest BCUT2D eigenvalue weighted by molar-refractivity contribution is -0.139. The van der Waals surface area contributed by atoms with Gasteiger partial charge in [-0.05, 0) is 80.5 Å². The van der Waals surface area contributed by atoms with Gasteiger partial charge in [0, 0.05) is 32.1 Å². The molecule has 2 heterocycles. The monoisotopic (exact) mass is 544 g/mol. The average molecular weight is 545 g/mol. The number of benzene rings is 2. The number of aliphatic carboxylic acids is 1. The molecule has 2 aliphatic heterocycles. The Labute approximate surface area is 229 Å². The highest BCUT2D eigenvalue weighted by atomic mass is 35.5. The molecule has 8 nitrogen and oxygen atoms in total. The number of piperidine rings is 1. The van der Waals surface area contributed by atoms with Crippen LogP contribution in [0.1, 0.15) is 49.7 Å². The van der Waals surface area contributed by atoms with Crippen LogP contribution < -0.4 is 14.2 Å². The number of fused-ring (bicyclic) bond motifs is 3. The van der Waals surface area contributed by atoms with Crippen LogP contribution in [-0.2, 0) is 22.6 Å². The first kappa shape index (κ1) is 28.0. The maximum absolute atomic E-state index is 13.2. The number of carboxylic acids is 1. The first-order chi connectivity index (χ1) is 18.4. The zero-order valence-corrected chi connectivity index (χ0v) is 22.8. The second kappa shape index (κ2) is 13.7. The standard InChI is InChI=1S/C29H37ClN2O6/c1-36-26-18-22(17-25(30)29(26)38-20-28(34)35)19-31-12-5-9-27(33)32-13-3-2-7-23(32)11-10-21-6-4-8-24(16-21)37-15-14-31/h4,6,8,16-18,23H,2-3,5,7,9-15,19-20H2,1H3,(H,34,35). The molecule has 206 valence electrons. The van der Waals surface area contributed by atoms with Crippen molar-refractivity contribution < 1.29 is 28.9 Å². The van der Waals surface area contributed by atoms with Crippen molar-refractivity contribution in [3.8, 4) is 17.2 Å². The van der Waals surface area contributed by atoms with E-state index in [9.17, 15) is 9.59 Å². The molecule has 9 heteroatoms. The van der Waals surface area contributed by atoms with Gasteiger partial charge < -0.3 is 24.2 Å². The van der Waals surface area contributed by atoms with Gasteiger partial charge in [-0.1, -0.05) is 23.7 Å². The zero-order valence-electron chi connectivity index (χ0n) is 22.0. The van der Waals surface area contributed by atoms with E-state index < -0.39 is 12.6 Å². The fourth-order valence-corrected chi connectivity index (χ4v) is 5.60. The van der Waals surface area contributed by atoms with Gasteiger partial charge in [0.25, 0.3) is 0 Å². The summed E-state index contributed by atoms with van der Waals surface area (Å²) in [6.45, 7) is 2.82. The smallest absolute Gasteiger partial charge is 0.341 e. The van der Waals surface area contributed by atoms with E-state index in [-0.39, 0.29) is 11.7 Å². The summed E-state index contributed by atoms with van der Waals surface area (Å²) >= 11 is 6.44. The summed E-state index contributed by atoms with van der Waals surface area (Å²) in [5.41, 5.74) is 2.14. The maximum Gasteiger partial charge on any atom is 0.341 e. The fraction of sp³-hybridized carbons (Fsp3) is 0.517. The van der Waals surface area contributed by atoms with Crippen molar-refractivity contribution >= 4 is 23.5 Å². The molecule has 2 aromatic carbocycles. The second-order valence-corrected chi connectivity index (χ2v) is 10.3. The molecule has 0 aromatic heterocycles.